The molecule has 0 unspecified atom stereocenters. The van der Waals surface area contributed by atoms with Gasteiger partial charge in [-0.3, -0.25) is 10.0 Å². The maximum Gasteiger partial charge on any atom is 0.267 e. The molecule has 6 nitrogen and oxygen atoms in total. The van der Waals surface area contributed by atoms with E-state index in [1.54, 1.807) is 18.2 Å². The van der Waals surface area contributed by atoms with Crippen molar-refractivity contribution >= 4 is 23.0 Å². The molecule has 3 rings (SSSR count). The number of H-pyrrole nitrogens is 1. The van der Waals surface area contributed by atoms with Crippen LogP contribution < -0.4 is 10.8 Å². The first-order valence-electron chi connectivity index (χ1n) is 9.17. The van der Waals surface area contributed by atoms with Crippen LogP contribution >= 0.6 is 0 Å². The van der Waals surface area contributed by atoms with Crippen molar-refractivity contribution in [3.05, 3.63) is 84.0 Å². The Kier molecular flexibility index (Phi) is 8.75. The molecule has 0 saturated carbocycles. The minimum absolute atomic E-state index is 0.348. The number of hydroxylamine groups is 1. The molecule has 4 N–H and O–H groups in total. The molecule has 29 heavy (non-hydrogen) atoms. The fourth-order valence-corrected chi connectivity index (χ4v) is 2.60. The van der Waals surface area contributed by atoms with Gasteiger partial charge in [-0.15, -0.1) is 6.58 Å². The number of nitrogens with one attached hydrogen (secondary N) is 3. The normalized spacial score (nSPS) is 10.6. The lowest BCUT2D eigenvalue weighted by atomic mass is 10.1. The SMILES string of the molecule is C=CC.O=C(/C=C/c1ccc(CNCCc2cnc3[nH]ccc3c2)c(F)c1)NO. The first-order valence-corrected chi connectivity index (χ1v) is 9.17. The van der Waals surface area contributed by atoms with Crippen molar-refractivity contribution in [1.82, 2.24) is 20.8 Å². The molecule has 0 saturated heterocycles. The van der Waals surface area contributed by atoms with E-state index >= 15 is 0 Å². The van der Waals surface area contributed by atoms with E-state index in [9.17, 15) is 9.18 Å². The molecule has 0 bridgehead atoms. The Labute approximate surface area is 169 Å². The van der Waals surface area contributed by atoms with Gasteiger partial charge in [-0.1, -0.05) is 18.2 Å². The van der Waals surface area contributed by atoms with Crippen LogP contribution in [0.1, 0.15) is 23.6 Å². The van der Waals surface area contributed by atoms with Crippen molar-refractivity contribution in [3.8, 4) is 0 Å². The van der Waals surface area contributed by atoms with Gasteiger partial charge in [-0.25, -0.2) is 14.9 Å². The Morgan fingerprint density at radius 3 is 2.86 bits per heavy atom. The van der Waals surface area contributed by atoms with Crippen LogP contribution in [-0.4, -0.2) is 27.6 Å². The summed E-state index contributed by atoms with van der Waals surface area (Å²) in [5, 5.41) is 12.7. The Bertz CT molecular complexity index is 982. The Hall–Kier alpha value is -3.29. The minimum atomic E-state index is -0.663. The molecule has 1 amide bonds. The van der Waals surface area contributed by atoms with E-state index in [-0.39, 0.29) is 5.82 Å². The number of allylic oxidation sites excluding steroid dienone is 1. The summed E-state index contributed by atoms with van der Waals surface area (Å²) in [5.74, 6) is -1.01. The molecule has 0 fully saturated rings. The third-order valence-corrected chi connectivity index (χ3v) is 3.98. The zero-order chi connectivity index (χ0) is 21.1. The minimum Gasteiger partial charge on any atom is -0.346 e. The van der Waals surface area contributed by atoms with Gasteiger partial charge in [-0.05, 0) is 55.3 Å². The predicted octanol–water partition coefficient (Wildman–Crippen LogP) is 3.75. The molecule has 0 aliphatic rings. The van der Waals surface area contributed by atoms with Crippen molar-refractivity contribution in [2.75, 3.05) is 6.54 Å². The zero-order valence-corrected chi connectivity index (χ0v) is 16.3. The quantitative estimate of drug-likeness (QED) is 0.161. The van der Waals surface area contributed by atoms with Crippen LogP contribution in [-0.2, 0) is 17.8 Å². The number of aromatic nitrogens is 2. The molecule has 2 heterocycles. The van der Waals surface area contributed by atoms with E-state index in [4.69, 9.17) is 5.21 Å². The predicted molar refractivity (Wildman–Crippen MR) is 113 cm³/mol. The van der Waals surface area contributed by atoms with E-state index < -0.39 is 5.91 Å². The number of benzene rings is 1. The molecule has 3 aromatic rings. The number of carbonyl (C=O) groups excluding carboxylic acids is 1. The second-order valence-electron chi connectivity index (χ2n) is 6.25. The van der Waals surface area contributed by atoms with Crippen LogP contribution in [0, 0.1) is 5.82 Å². The molecular weight excluding hydrogens is 371 g/mol. The highest BCUT2D eigenvalue weighted by Gasteiger charge is 2.04. The molecule has 0 aliphatic carbocycles. The summed E-state index contributed by atoms with van der Waals surface area (Å²) in [6.07, 6.45) is 8.80. The summed E-state index contributed by atoms with van der Waals surface area (Å²) in [5.41, 5.74) is 4.56. The maximum absolute atomic E-state index is 14.1. The Morgan fingerprint density at radius 1 is 1.34 bits per heavy atom. The highest BCUT2D eigenvalue weighted by Crippen LogP contribution is 2.13. The van der Waals surface area contributed by atoms with Crippen LogP contribution in [0.5, 0.6) is 0 Å². The number of pyridine rings is 1. The van der Waals surface area contributed by atoms with Gasteiger partial charge in [0.2, 0.25) is 0 Å². The largest absolute Gasteiger partial charge is 0.346 e. The third kappa shape index (κ3) is 6.99. The second kappa shape index (κ2) is 11.5. The molecule has 7 heteroatoms. The number of carbonyl (C=O) groups is 1. The molecule has 1 aromatic carbocycles. The zero-order valence-electron chi connectivity index (χ0n) is 16.3. The first-order chi connectivity index (χ1) is 14.1. The van der Waals surface area contributed by atoms with Gasteiger partial charge >= 0.3 is 0 Å². The van der Waals surface area contributed by atoms with Gasteiger partial charge in [0.25, 0.3) is 5.91 Å². The Balaban J connectivity index is 0.000000941. The molecule has 0 spiro atoms. The van der Waals surface area contributed by atoms with E-state index in [0.29, 0.717) is 24.2 Å². The average molecular weight is 396 g/mol. The number of rotatable bonds is 7. The van der Waals surface area contributed by atoms with Gasteiger partial charge in [0.05, 0.1) is 0 Å². The van der Waals surface area contributed by atoms with E-state index in [2.05, 4.69) is 27.9 Å². The molecular formula is C22H25FN4O2. The summed E-state index contributed by atoms with van der Waals surface area (Å²) in [6.45, 7) is 6.36. The smallest absolute Gasteiger partial charge is 0.267 e. The van der Waals surface area contributed by atoms with Crippen molar-refractivity contribution < 1.29 is 14.4 Å². The molecule has 0 radical (unpaired) electrons. The number of hydrogen-bond acceptors (Lipinski definition) is 4. The van der Waals surface area contributed by atoms with Crippen molar-refractivity contribution in [2.24, 2.45) is 0 Å². The molecule has 152 valence electrons. The number of nitrogens with zero attached hydrogens (tertiary/aromatic N) is 1. The standard InChI is InChI=1S/C19H19FN4O2.C3H6/c20-17-10-13(2-4-18(25)24-26)1-3-16(17)12-21-7-5-14-9-15-6-8-22-19(15)23-11-14;1-3-2/h1-4,6,8-11,21,26H,5,7,12H2,(H,22,23)(H,24,25);3H,1H2,2H3/b4-2+;. The molecule has 0 atom stereocenters. The fourth-order valence-electron chi connectivity index (χ4n) is 2.60. The van der Waals surface area contributed by atoms with E-state index in [1.807, 2.05) is 25.4 Å². The van der Waals surface area contributed by atoms with Crippen molar-refractivity contribution in [3.63, 3.8) is 0 Å². The first kappa shape index (κ1) is 22.0. The molecule has 2 aromatic heterocycles. The monoisotopic (exact) mass is 396 g/mol. The van der Waals surface area contributed by atoms with Gasteiger partial charge in [0, 0.05) is 36.0 Å². The Morgan fingerprint density at radius 2 is 2.14 bits per heavy atom. The van der Waals surface area contributed by atoms with E-state index in [1.165, 1.54) is 17.6 Å². The average Bonchev–Trinajstić information content (AvgIpc) is 3.19. The summed E-state index contributed by atoms with van der Waals surface area (Å²) < 4.78 is 14.1. The third-order valence-electron chi connectivity index (χ3n) is 3.98. The highest BCUT2D eigenvalue weighted by atomic mass is 19.1. The van der Waals surface area contributed by atoms with Crippen LogP contribution in [0.4, 0.5) is 4.39 Å². The van der Waals surface area contributed by atoms with Gasteiger partial charge in [-0.2, -0.15) is 0 Å². The van der Waals surface area contributed by atoms with Crippen LogP contribution in [0.25, 0.3) is 17.1 Å². The molecule has 0 aliphatic heterocycles. The van der Waals surface area contributed by atoms with E-state index in [0.717, 1.165) is 29.1 Å². The lowest BCUT2D eigenvalue weighted by Crippen LogP contribution is -2.17. The van der Waals surface area contributed by atoms with Crippen LogP contribution in [0.3, 0.4) is 0 Å². The van der Waals surface area contributed by atoms with Crippen LogP contribution in [0.15, 0.2) is 61.5 Å². The number of amides is 1. The van der Waals surface area contributed by atoms with Crippen molar-refractivity contribution in [1.29, 1.82) is 0 Å². The fraction of sp³-hybridized carbons (Fsp3) is 0.182. The summed E-state index contributed by atoms with van der Waals surface area (Å²) in [4.78, 5) is 18.3. The second-order valence-corrected chi connectivity index (χ2v) is 6.25. The number of hydrogen-bond donors (Lipinski definition) is 4. The number of fused-ring (bicyclic) bond motifs is 1. The van der Waals surface area contributed by atoms with Crippen molar-refractivity contribution in [2.45, 2.75) is 19.9 Å². The number of halogens is 1. The van der Waals surface area contributed by atoms with Crippen LogP contribution in [0.2, 0.25) is 0 Å². The summed E-state index contributed by atoms with van der Waals surface area (Å²) in [7, 11) is 0. The number of aromatic amines is 1. The van der Waals surface area contributed by atoms with Gasteiger partial charge in [0.1, 0.15) is 11.5 Å². The topological polar surface area (TPSA) is 90.0 Å². The summed E-state index contributed by atoms with van der Waals surface area (Å²) >= 11 is 0. The summed E-state index contributed by atoms with van der Waals surface area (Å²) in [6, 6.07) is 8.80. The lowest BCUT2D eigenvalue weighted by molar-refractivity contribution is -0.124. The highest BCUT2D eigenvalue weighted by molar-refractivity contribution is 5.90. The van der Waals surface area contributed by atoms with Gasteiger partial charge < -0.3 is 10.3 Å². The maximum atomic E-state index is 14.1. The lowest BCUT2D eigenvalue weighted by Gasteiger charge is -2.07. The van der Waals surface area contributed by atoms with Gasteiger partial charge in [0.15, 0.2) is 0 Å².